The largest absolute Gasteiger partial charge is 0.311 e. The van der Waals surface area contributed by atoms with E-state index in [0.717, 1.165) is 17.8 Å². The molecule has 0 aromatic heterocycles. The zero-order chi connectivity index (χ0) is 10.1. The summed E-state index contributed by atoms with van der Waals surface area (Å²) in [4.78, 5) is 0. The van der Waals surface area contributed by atoms with Crippen molar-refractivity contribution in [1.29, 1.82) is 0 Å². The van der Waals surface area contributed by atoms with E-state index in [1.54, 1.807) is 0 Å². The van der Waals surface area contributed by atoms with Crippen LogP contribution in [0.25, 0.3) is 0 Å². The van der Waals surface area contributed by atoms with Crippen molar-refractivity contribution in [1.82, 2.24) is 5.32 Å². The van der Waals surface area contributed by atoms with E-state index in [2.05, 4.69) is 39.9 Å². The average molecular weight is 183 g/mol. The Morgan fingerprint density at radius 3 is 2.31 bits per heavy atom. The van der Waals surface area contributed by atoms with Crippen LogP contribution in [0.5, 0.6) is 0 Å². The van der Waals surface area contributed by atoms with Crippen molar-refractivity contribution in [3.63, 3.8) is 0 Å². The summed E-state index contributed by atoms with van der Waals surface area (Å²) >= 11 is 0. The molecule has 4 atom stereocenters. The van der Waals surface area contributed by atoms with Gasteiger partial charge in [0, 0.05) is 5.54 Å². The predicted molar refractivity (Wildman–Crippen MR) is 58.8 cm³/mol. The molecule has 1 aliphatic rings. The standard InChI is InChI=1S/C12H25N/c1-6-8-13-12(5)10(4)9(3)11(12)7-2/h9-11,13H,6-8H2,1-5H3. The molecule has 0 saturated heterocycles. The van der Waals surface area contributed by atoms with Gasteiger partial charge >= 0.3 is 0 Å². The van der Waals surface area contributed by atoms with Gasteiger partial charge in [-0.3, -0.25) is 0 Å². The molecule has 0 radical (unpaired) electrons. The molecule has 78 valence electrons. The summed E-state index contributed by atoms with van der Waals surface area (Å²) in [5.41, 5.74) is 0.421. The van der Waals surface area contributed by atoms with Gasteiger partial charge in [-0.15, -0.1) is 0 Å². The zero-order valence-electron chi connectivity index (χ0n) is 9.85. The van der Waals surface area contributed by atoms with E-state index in [-0.39, 0.29) is 0 Å². The number of hydrogen-bond donors (Lipinski definition) is 1. The Morgan fingerprint density at radius 1 is 1.23 bits per heavy atom. The first-order valence-electron chi connectivity index (χ1n) is 5.82. The van der Waals surface area contributed by atoms with Gasteiger partial charge in [0.15, 0.2) is 0 Å². The third-order valence-corrected chi connectivity index (χ3v) is 4.34. The molecule has 1 fully saturated rings. The Kier molecular flexibility index (Phi) is 3.39. The lowest BCUT2D eigenvalue weighted by Gasteiger charge is -2.59. The fraction of sp³-hybridized carbons (Fsp3) is 1.00. The summed E-state index contributed by atoms with van der Waals surface area (Å²) in [6, 6.07) is 0. The molecule has 1 N–H and O–H groups in total. The lowest BCUT2D eigenvalue weighted by molar-refractivity contribution is -0.0456. The quantitative estimate of drug-likeness (QED) is 0.706. The molecule has 0 amide bonds. The summed E-state index contributed by atoms with van der Waals surface area (Å²) in [6.45, 7) is 12.9. The molecule has 0 heterocycles. The Hall–Kier alpha value is -0.0400. The minimum Gasteiger partial charge on any atom is -0.311 e. The fourth-order valence-electron chi connectivity index (χ4n) is 3.14. The van der Waals surface area contributed by atoms with E-state index in [9.17, 15) is 0 Å². The lowest BCUT2D eigenvalue weighted by atomic mass is 9.52. The van der Waals surface area contributed by atoms with Crippen LogP contribution in [0.2, 0.25) is 0 Å². The molecule has 4 unspecified atom stereocenters. The molecular weight excluding hydrogens is 158 g/mol. The van der Waals surface area contributed by atoms with Gasteiger partial charge in [-0.25, -0.2) is 0 Å². The van der Waals surface area contributed by atoms with Crippen LogP contribution in [0.3, 0.4) is 0 Å². The molecule has 0 aromatic carbocycles. The summed E-state index contributed by atoms with van der Waals surface area (Å²) < 4.78 is 0. The molecule has 0 bridgehead atoms. The molecule has 0 aromatic rings. The van der Waals surface area contributed by atoms with Gasteiger partial charge in [-0.05, 0) is 37.6 Å². The van der Waals surface area contributed by atoms with Crippen LogP contribution < -0.4 is 5.32 Å². The topological polar surface area (TPSA) is 12.0 Å². The summed E-state index contributed by atoms with van der Waals surface area (Å²) in [5.74, 6) is 2.62. The Balaban J connectivity index is 2.55. The average Bonchev–Trinajstić information content (AvgIpc) is 2.14. The van der Waals surface area contributed by atoms with Crippen molar-refractivity contribution in [2.75, 3.05) is 6.54 Å². The Morgan fingerprint density at radius 2 is 1.85 bits per heavy atom. The smallest absolute Gasteiger partial charge is 0.0212 e. The van der Waals surface area contributed by atoms with Gasteiger partial charge in [-0.1, -0.05) is 34.1 Å². The molecule has 13 heavy (non-hydrogen) atoms. The van der Waals surface area contributed by atoms with Crippen molar-refractivity contribution >= 4 is 0 Å². The van der Waals surface area contributed by atoms with E-state index in [0.29, 0.717) is 5.54 Å². The van der Waals surface area contributed by atoms with Crippen molar-refractivity contribution in [3.8, 4) is 0 Å². The second-order valence-corrected chi connectivity index (χ2v) is 4.87. The van der Waals surface area contributed by atoms with Gasteiger partial charge in [0.25, 0.3) is 0 Å². The second-order valence-electron chi connectivity index (χ2n) is 4.87. The highest BCUT2D eigenvalue weighted by molar-refractivity contribution is 5.07. The molecule has 0 spiro atoms. The maximum Gasteiger partial charge on any atom is 0.0212 e. The maximum atomic E-state index is 3.73. The van der Waals surface area contributed by atoms with Gasteiger partial charge in [0.1, 0.15) is 0 Å². The number of nitrogens with one attached hydrogen (secondary N) is 1. The summed E-state index contributed by atoms with van der Waals surface area (Å²) in [5, 5.41) is 3.73. The first-order valence-corrected chi connectivity index (χ1v) is 5.82. The normalized spacial score (nSPS) is 44.5. The highest BCUT2D eigenvalue weighted by atomic mass is 15.0. The third-order valence-electron chi connectivity index (χ3n) is 4.34. The highest BCUT2D eigenvalue weighted by Gasteiger charge is 2.52. The van der Waals surface area contributed by atoms with Gasteiger partial charge in [0.2, 0.25) is 0 Å². The van der Waals surface area contributed by atoms with E-state index in [1.807, 2.05) is 0 Å². The molecule has 1 heteroatoms. The molecule has 0 aliphatic heterocycles. The SMILES string of the molecule is CCCNC1(C)C(C)C(C)C1CC. The van der Waals surface area contributed by atoms with Crippen LogP contribution in [-0.4, -0.2) is 12.1 Å². The highest BCUT2D eigenvalue weighted by Crippen LogP contribution is 2.50. The van der Waals surface area contributed by atoms with Gasteiger partial charge in [0.05, 0.1) is 0 Å². The molecule has 1 rings (SSSR count). The minimum atomic E-state index is 0.421. The van der Waals surface area contributed by atoms with Crippen LogP contribution in [0, 0.1) is 17.8 Å². The first-order chi connectivity index (χ1) is 6.07. The molecule has 1 saturated carbocycles. The fourth-order valence-corrected chi connectivity index (χ4v) is 3.14. The molecular formula is C12H25N. The second kappa shape index (κ2) is 4.00. The van der Waals surface area contributed by atoms with Crippen LogP contribution in [-0.2, 0) is 0 Å². The monoisotopic (exact) mass is 183 g/mol. The maximum absolute atomic E-state index is 3.73. The van der Waals surface area contributed by atoms with E-state index in [4.69, 9.17) is 0 Å². The Bertz CT molecular complexity index is 167. The molecule has 1 aliphatic carbocycles. The van der Waals surface area contributed by atoms with E-state index in [1.165, 1.54) is 19.4 Å². The summed E-state index contributed by atoms with van der Waals surface area (Å²) in [7, 11) is 0. The predicted octanol–water partition coefficient (Wildman–Crippen LogP) is 3.06. The summed E-state index contributed by atoms with van der Waals surface area (Å²) in [6.07, 6.45) is 2.56. The minimum absolute atomic E-state index is 0.421. The zero-order valence-corrected chi connectivity index (χ0v) is 9.85. The lowest BCUT2D eigenvalue weighted by Crippen LogP contribution is -2.66. The van der Waals surface area contributed by atoms with Crippen LogP contribution >= 0.6 is 0 Å². The van der Waals surface area contributed by atoms with E-state index < -0.39 is 0 Å². The van der Waals surface area contributed by atoms with Crippen LogP contribution in [0.4, 0.5) is 0 Å². The van der Waals surface area contributed by atoms with Gasteiger partial charge < -0.3 is 5.32 Å². The van der Waals surface area contributed by atoms with Crippen molar-refractivity contribution < 1.29 is 0 Å². The third kappa shape index (κ3) is 1.63. The number of hydrogen-bond acceptors (Lipinski definition) is 1. The van der Waals surface area contributed by atoms with Gasteiger partial charge in [-0.2, -0.15) is 0 Å². The number of rotatable bonds is 4. The van der Waals surface area contributed by atoms with Crippen molar-refractivity contribution in [3.05, 3.63) is 0 Å². The molecule has 1 nitrogen and oxygen atoms in total. The first kappa shape index (κ1) is 11.0. The van der Waals surface area contributed by atoms with E-state index >= 15 is 0 Å². The van der Waals surface area contributed by atoms with Crippen molar-refractivity contribution in [2.45, 2.75) is 53.0 Å². The Labute approximate surface area is 83.3 Å². The van der Waals surface area contributed by atoms with Crippen LogP contribution in [0.15, 0.2) is 0 Å². The van der Waals surface area contributed by atoms with Crippen molar-refractivity contribution in [2.24, 2.45) is 17.8 Å². The van der Waals surface area contributed by atoms with Crippen LogP contribution in [0.1, 0.15) is 47.5 Å².